The molecule has 0 saturated carbocycles. The molecule has 1 amide bonds. The van der Waals surface area contributed by atoms with Gasteiger partial charge < -0.3 is 5.32 Å². The number of hydrogen-bond acceptors (Lipinski definition) is 7. The van der Waals surface area contributed by atoms with Crippen molar-refractivity contribution in [3.63, 3.8) is 0 Å². The summed E-state index contributed by atoms with van der Waals surface area (Å²) in [7, 11) is 1.63. The van der Waals surface area contributed by atoms with Crippen LogP contribution in [-0.4, -0.2) is 27.5 Å². The van der Waals surface area contributed by atoms with Gasteiger partial charge in [0.25, 0.3) is 5.56 Å². The number of nitrogens with zero attached hydrogens (tertiary/aromatic N) is 3. The van der Waals surface area contributed by atoms with Crippen molar-refractivity contribution in [1.82, 2.24) is 19.9 Å². The zero-order valence-corrected chi connectivity index (χ0v) is 19.2. The molecule has 9 heteroatoms. The van der Waals surface area contributed by atoms with Crippen molar-refractivity contribution in [1.29, 1.82) is 0 Å². The fourth-order valence-electron chi connectivity index (χ4n) is 3.65. The molecule has 1 aliphatic rings. The van der Waals surface area contributed by atoms with Gasteiger partial charge in [-0.1, -0.05) is 18.7 Å². The Morgan fingerprint density at radius 1 is 1.41 bits per heavy atom. The highest BCUT2D eigenvalue weighted by Gasteiger charge is 2.24. The molecule has 3 aromatic rings. The minimum absolute atomic E-state index is 0.0403. The summed E-state index contributed by atoms with van der Waals surface area (Å²) in [5.41, 5.74) is 2.23. The minimum Gasteiger partial charge on any atom is -0.359 e. The van der Waals surface area contributed by atoms with Gasteiger partial charge in [-0.3, -0.25) is 14.2 Å². The highest BCUT2D eigenvalue weighted by Crippen LogP contribution is 2.36. The summed E-state index contributed by atoms with van der Waals surface area (Å²) in [5.74, 6) is 1.26. The molecule has 1 atom stereocenters. The van der Waals surface area contributed by atoms with Crippen LogP contribution in [-0.2, 0) is 36.4 Å². The van der Waals surface area contributed by atoms with Crippen molar-refractivity contribution in [3.8, 4) is 0 Å². The molecule has 1 N–H and O–H groups in total. The molecule has 1 unspecified atom stereocenters. The predicted molar refractivity (Wildman–Crippen MR) is 120 cm³/mol. The van der Waals surface area contributed by atoms with Crippen LogP contribution in [0.5, 0.6) is 0 Å². The van der Waals surface area contributed by atoms with Gasteiger partial charge in [-0.05, 0) is 37.7 Å². The number of carbonyl (C=O) groups is 1. The predicted octanol–water partition coefficient (Wildman–Crippen LogP) is 3.64. The molecular weight excluding hydrogens is 424 g/mol. The second-order valence-corrected chi connectivity index (χ2v) is 10.3. The van der Waals surface area contributed by atoms with Gasteiger partial charge in [0, 0.05) is 29.6 Å². The van der Waals surface area contributed by atoms with Crippen LogP contribution in [0.2, 0.25) is 0 Å². The molecule has 0 aromatic carbocycles. The molecule has 3 heterocycles. The Hall–Kier alpha value is -1.71. The van der Waals surface area contributed by atoms with E-state index in [0.29, 0.717) is 24.6 Å². The van der Waals surface area contributed by atoms with Crippen LogP contribution in [0.25, 0.3) is 10.2 Å². The second-order valence-electron chi connectivity index (χ2n) is 7.35. The van der Waals surface area contributed by atoms with E-state index in [2.05, 4.69) is 17.2 Å². The first kappa shape index (κ1) is 20.6. The topological polar surface area (TPSA) is 76.9 Å². The lowest BCUT2D eigenvalue weighted by atomic mass is 9.89. The van der Waals surface area contributed by atoms with Crippen LogP contribution in [0.1, 0.15) is 41.4 Å². The second kappa shape index (κ2) is 8.57. The van der Waals surface area contributed by atoms with Gasteiger partial charge in [0.05, 0.1) is 17.5 Å². The van der Waals surface area contributed by atoms with Crippen LogP contribution in [0.15, 0.2) is 15.3 Å². The summed E-state index contributed by atoms with van der Waals surface area (Å²) < 4.78 is 1.79. The molecule has 0 bridgehead atoms. The molecule has 154 valence electrons. The molecule has 0 radical (unpaired) electrons. The Morgan fingerprint density at radius 2 is 2.24 bits per heavy atom. The minimum atomic E-state index is -0.0403. The Labute approximate surface area is 181 Å². The van der Waals surface area contributed by atoms with Crippen molar-refractivity contribution < 1.29 is 4.79 Å². The maximum Gasteiger partial charge on any atom is 0.263 e. The molecule has 0 saturated heterocycles. The van der Waals surface area contributed by atoms with Gasteiger partial charge in [-0.15, -0.1) is 22.7 Å². The number of nitrogens with one attached hydrogen (secondary N) is 1. The van der Waals surface area contributed by atoms with Gasteiger partial charge in [-0.25, -0.2) is 9.97 Å². The first-order valence-corrected chi connectivity index (χ1v) is 12.5. The van der Waals surface area contributed by atoms with Crippen molar-refractivity contribution in [2.24, 2.45) is 5.92 Å². The molecule has 0 fully saturated rings. The van der Waals surface area contributed by atoms with E-state index < -0.39 is 0 Å². The lowest BCUT2D eigenvalue weighted by molar-refractivity contribution is -0.119. The summed E-state index contributed by atoms with van der Waals surface area (Å²) >= 11 is 4.72. The maximum absolute atomic E-state index is 13.2. The van der Waals surface area contributed by atoms with E-state index >= 15 is 0 Å². The van der Waals surface area contributed by atoms with Crippen molar-refractivity contribution in [2.45, 2.75) is 57.0 Å². The molecule has 6 nitrogen and oxygen atoms in total. The number of thiophene rings is 1. The number of carbonyl (C=O) groups excluding carboxylic acids is 1. The molecular formula is C20H24N4O2S3. The van der Waals surface area contributed by atoms with Crippen LogP contribution in [0.3, 0.4) is 0 Å². The number of thiazole rings is 1. The Morgan fingerprint density at radius 3 is 3.00 bits per heavy atom. The molecule has 29 heavy (non-hydrogen) atoms. The summed E-state index contributed by atoms with van der Waals surface area (Å²) in [6, 6.07) is 0. The highest BCUT2D eigenvalue weighted by atomic mass is 32.2. The van der Waals surface area contributed by atoms with E-state index in [0.717, 1.165) is 45.3 Å². The van der Waals surface area contributed by atoms with Crippen molar-refractivity contribution in [2.75, 3.05) is 7.05 Å². The monoisotopic (exact) mass is 448 g/mol. The fraction of sp³-hybridized carbons (Fsp3) is 0.500. The molecule has 3 aromatic heterocycles. The standard InChI is InChI=1S/C20H24N4O2S3/c1-4-24-19(26)17-13-6-5-11(2)7-14(13)29-18(17)23-20(24)28-10-12-9-27-16(22-12)8-15(25)21-3/h9,11H,4-8,10H2,1-3H3,(H,21,25). The van der Waals surface area contributed by atoms with Crippen molar-refractivity contribution in [3.05, 3.63) is 36.9 Å². The van der Waals surface area contributed by atoms with Crippen LogP contribution in [0.4, 0.5) is 0 Å². The zero-order chi connectivity index (χ0) is 20.5. The summed E-state index contributed by atoms with van der Waals surface area (Å²) in [5, 5.41) is 6.98. The normalized spacial score (nSPS) is 16.2. The molecule has 1 aliphatic carbocycles. The Balaban J connectivity index is 1.61. The van der Waals surface area contributed by atoms with E-state index in [4.69, 9.17) is 4.98 Å². The average molecular weight is 449 g/mol. The van der Waals surface area contributed by atoms with Crippen LogP contribution >= 0.6 is 34.4 Å². The van der Waals surface area contributed by atoms with Gasteiger partial charge in [0.2, 0.25) is 5.91 Å². The third-order valence-corrected chi connectivity index (χ3v) is 8.29. The van der Waals surface area contributed by atoms with E-state index in [1.54, 1.807) is 34.7 Å². The average Bonchev–Trinajstić information content (AvgIpc) is 3.29. The SMILES string of the molecule is CCn1c(SCc2csc(CC(=O)NC)n2)nc2sc3c(c2c1=O)CCC(C)C3. The fourth-order valence-corrected chi connectivity index (χ4v) is 6.93. The quantitative estimate of drug-likeness (QED) is 0.460. The number of aryl methyl sites for hydroxylation is 1. The van der Waals surface area contributed by atoms with Gasteiger partial charge in [0.1, 0.15) is 9.84 Å². The summed E-state index contributed by atoms with van der Waals surface area (Å²) in [6.45, 7) is 4.87. The Bertz CT molecular complexity index is 1120. The van der Waals surface area contributed by atoms with E-state index in [9.17, 15) is 9.59 Å². The zero-order valence-electron chi connectivity index (χ0n) is 16.8. The third-order valence-electron chi connectivity index (χ3n) is 5.24. The van der Waals surface area contributed by atoms with Crippen LogP contribution < -0.4 is 10.9 Å². The van der Waals surface area contributed by atoms with Crippen LogP contribution in [0, 0.1) is 5.92 Å². The van der Waals surface area contributed by atoms with E-state index in [-0.39, 0.29) is 11.5 Å². The summed E-state index contributed by atoms with van der Waals surface area (Å²) in [6.07, 6.45) is 3.48. The lowest BCUT2D eigenvalue weighted by Gasteiger charge is -2.17. The number of hydrogen-bond donors (Lipinski definition) is 1. The lowest BCUT2D eigenvalue weighted by Crippen LogP contribution is -2.23. The molecule has 0 aliphatic heterocycles. The highest BCUT2D eigenvalue weighted by molar-refractivity contribution is 7.98. The molecule has 4 rings (SSSR count). The number of likely N-dealkylation sites (N-methyl/N-ethyl adjacent to an activating group) is 1. The maximum atomic E-state index is 13.2. The van der Waals surface area contributed by atoms with E-state index in [1.807, 2.05) is 12.3 Å². The van der Waals surface area contributed by atoms with Gasteiger partial charge >= 0.3 is 0 Å². The molecule has 0 spiro atoms. The largest absolute Gasteiger partial charge is 0.359 e. The number of amides is 1. The first-order chi connectivity index (χ1) is 14.0. The van der Waals surface area contributed by atoms with Crippen molar-refractivity contribution >= 4 is 50.6 Å². The summed E-state index contributed by atoms with van der Waals surface area (Å²) in [4.78, 5) is 36.4. The van der Waals surface area contributed by atoms with Gasteiger partial charge in [-0.2, -0.15) is 0 Å². The first-order valence-electron chi connectivity index (χ1n) is 9.81. The number of rotatable bonds is 6. The third kappa shape index (κ3) is 4.13. The van der Waals surface area contributed by atoms with Gasteiger partial charge in [0.15, 0.2) is 5.16 Å². The number of thioether (sulfide) groups is 1. The smallest absolute Gasteiger partial charge is 0.263 e. The number of fused-ring (bicyclic) bond motifs is 3. The Kier molecular flexibility index (Phi) is 6.08. The van der Waals surface area contributed by atoms with E-state index in [1.165, 1.54) is 21.8 Å². The number of aromatic nitrogens is 3.